The van der Waals surface area contributed by atoms with Crippen molar-refractivity contribution in [1.82, 2.24) is 0 Å². The number of hydrogen-bond acceptors (Lipinski definition) is 2. The summed E-state index contributed by atoms with van der Waals surface area (Å²) in [6, 6.07) is 7.72. The van der Waals surface area contributed by atoms with Gasteiger partial charge < -0.3 is 8.83 Å². The lowest BCUT2D eigenvalue weighted by Crippen LogP contribution is -2.02. The first kappa shape index (κ1) is 10.5. The third-order valence-corrected chi connectivity index (χ3v) is 1.83. The molecule has 16 heavy (non-hydrogen) atoms. The normalized spacial score (nSPS) is 11.7. The maximum atomic E-state index is 12.2. The predicted molar refractivity (Wildman–Crippen MR) is 45.3 cm³/mol. The fourth-order valence-corrected chi connectivity index (χ4v) is 1.17. The van der Waals surface area contributed by atoms with Gasteiger partial charge in [0.1, 0.15) is 0 Å². The van der Waals surface area contributed by atoms with Crippen LogP contribution in [0.5, 0.6) is 5.95 Å². The molecule has 1 heterocycles. The molecule has 0 aliphatic rings. The molecule has 0 N–H and O–H groups in total. The van der Waals surface area contributed by atoms with E-state index in [4.69, 9.17) is 0 Å². The largest absolute Gasteiger partial charge is 0.487 e. The first-order chi connectivity index (χ1) is 7.48. The smallest absolute Gasteiger partial charge is 0.414 e. The molecule has 1 aromatic carbocycles. The minimum absolute atomic E-state index is 0.242. The quantitative estimate of drug-likeness (QED) is 0.707. The van der Waals surface area contributed by atoms with E-state index in [9.17, 15) is 18.3 Å². The third-order valence-electron chi connectivity index (χ3n) is 1.83. The van der Waals surface area contributed by atoms with Crippen LogP contribution in [-0.4, -0.2) is 0 Å². The molecule has 2 aromatic rings. The van der Waals surface area contributed by atoms with Gasteiger partial charge in [0.15, 0.2) is 0 Å². The van der Waals surface area contributed by atoms with Crippen molar-refractivity contribution in [3.63, 3.8) is 0 Å². The Kier molecular flexibility index (Phi) is 2.34. The van der Waals surface area contributed by atoms with Gasteiger partial charge in [0.2, 0.25) is 5.76 Å². The molecule has 1 aromatic heterocycles. The highest BCUT2D eigenvalue weighted by Gasteiger charge is 2.41. The molecule has 0 amide bonds. The maximum Gasteiger partial charge on any atom is 0.487 e. The number of alkyl halides is 3. The molecule has 0 fully saturated rings. The van der Waals surface area contributed by atoms with E-state index >= 15 is 0 Å². The summed E-state index contributed by atoms with van der Waals surface area (Å²) >= 11 is 0. The molecule has 0 atom stereocenters. The standard InChI is InChI=1S/C10H5F3O3/c11-10(12,13)9-15-7(8(14)16-9)6-4-2-1-3-5-6/h1-5H. The van der Waals surface area contributed by atoms with E-state index in [1.54, 1.807) is 18.2 Å². The average molecular weight is 230 g/mol. The van der Waals surface area contributed by atoms with Crippen molar-refractivity contribution < 1.29 is 27.1 Å². The van der Waals surface area contributed by atoms with Crippen molar-refractivity contribution in [2.75, 3.05) is 0 Å². The van der Waals surface area contributed by atoms with Gasteiger partial charge in [-0.25, -0.2) is 5.11 Å². The van der Waals surface area contributed by atoms with Crippen LogP contribution in [0.4, 0.5) is 13.2 Å². The molecule has 0 radical (unpaired) electrons. The van der Waals surface area contributed by atoms with Gasteiger partial charge in [-0.1, -0.05) is 30.3 Å². The SMILES string of the molecule is [O-]c1[o+]c(C(F)(F)F)oc1-c1ccccc1. The van der Waals surface area contributed by atoms with Crippen molar-refractivity contribution in [3.8, 4) is 17.3 Å². The lowest BCUT2D eigenvalue weighted by molar-refractivity contribution is -0.296. The summed E-state index contributed by atoms with van der Waals surface area (Å²) in [6.45, 7) is 0. The first-order valence-corrected chi connectivity index (χ1v) is 4.25. The fraction of sp³-hybridized carbons (Fsp3) is 0.100. The second-order valence-electron chi connectivity index (χ2n) is 2.97. The van der Waals surface area contributed by atoms with E-state index in [0.29, 0.717) is 0 Å². The molecule has 0 saturated heterocycles. The second kappa shape index (κ2) is 3.55. The molecule has 0 saturated carbocycles. The minimum atomic E-state index is -4.80. The van der Waals surface area contributed by atoms with E-state index in [1.807, 2.05) is 0 Å². The first-order valence-electron chi connectivity index (χ1n) is 4.25. The van der Waals surface area contributed by atoms with Crippen LogP contribution >= 0.6 is 0 Å². The molecule has 84 valence electrons. The Morgan fingerprint density at radius 1 is 1.12 bits per heavy atom. The number of hydrogen-bond donors (Lipinski definition) is 0. The highest BCUT2D eigenvalue weighted by molar-refractivity contribution is 5.60. The summed E-state index contributed by atoms with van der Waals surface area (Å²) in [6.07, 6.45) is -4.80. The lowest BCUT2D eigenvalue weighted by atomic mass is 10.2. The highest BCUT2D eigenvalue weighted by Crippen LogP contribution is 2.38. The molecular formula is C10H5F3O3. The van der Waals surface area contributed by atoms with Gasteiger partial charge in [-0.3, -0.25) is 0 Å². The van der Waals surface area contributed by atoms with E-state index in [2.05, 4.69) is 8.83 Å². The molecular weight excluding hydrogens is 225 g/mol. The summed E-state index contributed by atoms with van der Waals surface area (Å²) < 4.78 is 44.9. The molecule has 0 spiro atoms. The Hall–Kier alpha value is -1.98. The van der Waals surface area contributed by atoms with E-state index in [1.165, 1.54) is 12.1 Å². The van der Waals surface area contributed by atoms with E-state index < -0.39 is 23.8 Å². The zero-order valence-corrected chi connectivity index (χ0v) is 7.75. The number of halogens is 3. The van der Waals surface area contributed by atoms with Crippen LogP contribution < -0.4 is 5.11 Å². The summed E-state index contributed by atoms with van der Waals surface area (Å²) in [7, 11) is 0. The summed E-state index contributed by atoms with van der Waals surface area (Å²) in [4.78, 5) is 0. The van der Waals surface area contributed by atoms with Crippen molar-refractivity contribution in [2.24, 2.45) is 0 Å². The summed E-state index contributed by atoms with van der Waals surface area (Å²) in [5, 5.41) is 11.1. The van der Waals surface area contributed by atoms with Crippen molar-refractivity contribution >= 4 is 0 Å². The monoisotopic (exact) mass is 230 g/mol. The van der Waals surface area contributed by atoms with Gasteiger partial charge >= 0.3 is 18.1 Å². The van der Waals surface area contributed by atoms with Gasteiger partial charge in [-0.2, -0.15) is 13.2 Å². The average Bonchev–Trinajstić information content (AvgIpc) is 2.61. The summed E-state index contributed by atoms with van der Waals surface area (Å²) in [5.74, 6) is -3.23. The lowest BCUT2D eigenvalue weighted by Gasteiger charge is -1.97. The molecule has 2 rings (SSSR count). The Labute approximate surface area is 87.7 Å². The van der Waals surface area contributed by atoms with Crippen LogP contribution in [0.15, 0.2) is 39.2 Å². The van der Waals surface area contributed by atoms with Crippen LogP contribution in [0, 0.1) is 0 Å². The fourth-order valence-electron chi connectivity index (χ4n) is 1.17. The van der Waals surface area contributed by atoms with Gasteiger partial charge in [0, 0.05) is 5.56 Å². The third kappa shape index (κ3) is 1.86. The van der Waals surface area contributed by atoms with Crippen LogP contribution in [-0.2, 0) is 6.18 Å². The molecule has 0 aliphatic carbocycles. The van der Waals surface area contributed by atoms with Crippen molar-refractivity contribution in [3.05, 3.63) is 36.3 Å². The Balaban J connectivity index is 2.48. The van der Waals surface area contributed by atoms with Gasteiger partial charge in [-0.15, -0.1) is 0 Å². The topological polar surface area (TPSA) is 47.5 Å². The molecule has 0 bridgehead atoms. The maximum absolute atomic E-state index is 12.2. The number of benzene rings is 1. The molecule has 0 aliphatic heterocycles. The zero-order chi connectivity index (χ0) is 11.8. The zero-order valence-electron chi connectivity index (χ0n) is 7.75. The Bertz CT molecular complexity index is 488. The van der Waals surface area contributed by atoms with E-state index in [-0.39, 0.29) is 5.56 Å². The highest BCUT2D eigenvalue weighted by atomic mass is 19.4. The molecule has 3 nitrogen and oxygen atoms in total. The Morgan fingerprint density at radius 3 is 2.25 bits per heavy atom. The van der Waals surface area contributed by atoms with Gasteiger partial charge in [0.25, 0.3) is 0 Å². The van der Waals surface area contributed by atoms with Gasteiger partial charge in [-0.05, 0) is 0 Å². The van der Waals surface area contributed by atoms with Crippen LogP contribution in [0.25, 0.3) is 11.3 Å². The predicted octanol–water partition coefficient (Wildman–Crippen LogP) is 2.91. The molecule has 6 heteroatoms. The van der Waals surface area contributed by atoms with Crippen LogP contribution in [0.1, 0.15) is 5.96 Å². The van der Waals surface area contributed by atoms with Crippen molar-refractivity contribution in [1.29, 1.82) is 0 Å². The van der Waals surface area contributed by atoms with E-state index in [0.717, 1.165) is 0 Å². The molecule has 0 unspecified atom stereocenters. The number of rotatable bonds is 1. The minimum Gasteiger partial charge on any atom is -0.414 e. The van der Waals surface area contributed by atoms with Crippen molar-refractivity contribution in [2.45, 2.75) is 6.18 Å². The second-order valence-corrected chi connectivity index (χ2v) is 2.97. The van der Waals surface area contributed by atoms with Crippen LogP contribution in [0.3, 0.4) is 0 Å². The van der Waals surface area contributed by atoms with Crippen LogP contribution in [0.2, 0.25) is 0 Å². The summed E-state index contributed by atoms with van der Waals surface area (Å²) in [5.41, 5.74) is 0.242. The van der Waals surface area contributed by atoms with Gasteiger partial charge in [0.05, 0.1) is 0 Å². The Morgan fingerprint density at radius 2 is 1.75 bits per heavy atom.